The zero-order valence-electron chi connectivity index (χ0n) is 12.4. The normalized spacial score (nSPS) is 20.5. The molecule has 1 rings (SSSR count). The number of hydrogen-bond acceptors (Lipinski definition) is 3. The van der Waals surface area contributed by atoms with E-state index in [1.165, 1.54) is 7.11 Å². The molecule has 0 aromatic heterocycles. The Morgan fingerprint density at radius 3 is 2.63 bits per heavy atom. The summed E-state index contributed by atoms with van der Waals surface area (Å²) in [5, 5.41) is 2.65. The van der Waals surface area contributed by atoms with E-state index < -0.39 is 12.1 Å². The van der Waals surface area contributed by atoms with Crippen LogP contribution in [-0.4, -0.2) is 42.6 Å². The van der Waals surface area contributed by atoms with E-state index in [0.29, 0.717) is 6.04 Å². The lowest BCUT2D eigenvalue weighted by molar-refractivity contribution is -0.135. The van der Waals surface area contributed by atoms with Crippen molar-refractivity contribution >= 4 is 12.0 Å². The number of carbonyl (C=O) groups excluding carboxylic acids is 2. The van der Waals surface area contributed by atoms with Crippen molar-refractivity contribution in [3.63, 3.8) is 0 Å². The van der Waals surface area contributed by atoms with Gasteiger partial charge in [-0.2, -0.15) is 0 Å². The number of nitrogens with zero attached hydrogens (tertiary/aromatic N) is 1. The van der Waals surface area contributed by atoms with Crippen molar-refractivity contribution in [2.75, 3.05) is 13.7 Å². The third-order valence-electron chi connectivity index (χ3n) is 3.67. The number of ether oxygens (including phenoxy) is 1. The molecule has 0 radical (unpaired) electrons. The quantitative estimate of drug-likeness (QED) is 0.833. The van der Waals surface area contributed by atoms with E-state index in [9.17, 15) is 9.59 Å². The van der Waals surface area contributed by atoms with Gasteiger partial charge >= 0.3 is 6.09 Å². The minimum atomic E-state index is -0.543. The summed E-state index contributed by atoms with van der Waals surface area (Å²) in [4.78, 5) is 25.9. The second-order valence-electron chi connectivity index (χ2n) is 5.47. The molecule has 1 saturated heterocycles. The highest BCUT2D eigenvalue weighted by atomic mass is 16.5. The number of rotatable bonds is 5. The monoisotopic (exact) mass is 270 g/mol. The van der Waals surface area contributed by atoms with Crippen molar-refractivity contribution in [3.05, 3.63) is 0 Å². The van der Waals surface area contributed by atoms with Crippen LogP contribution in [0, 0.1) is 5.92 Å². The van der Waals surface area contributed by atoms with E-state index in [-0.39, 0.29) is 11.8 Å². The van der Waals surface area contributed by atoms with Gasteiger partial charge in [-0.25, -0.2) is 4.79 Å². The summed E-state index contributed by atoms with van der Waals surface area (Å²) in [6, 6.07) is -0.164. The van der Waals surface area contributed by atoms with Gasteiger partial charge in [-0.15, -0.1) is 0 Å². The summed E-state index contributed by atoms with van der Waals surface area (Å²) >= 11 is 0. The third-order valence-corrected chi connectivity index (χ3v) is 3.67. The number of amides is 2. The van der Waals surface area contributed by atoms with E-state index in [1.54, 1.807) is 0 Å². The van der Waals surface area contributed by atoms with Gasteiger partial charge in [0.1, 0.15) is 6.04 Å². The number of methoxy groups -OCH3 is 1. The zero-order valence-corrected chi connectivity index (χ0v) is 12.4. The largest absolute Gasteiger partial charge is 0.453 e. The van der Waals surface area contributed by atoms with Gasteiger partial charge in [0.2, 0.25) is 5.91 Å². The lowest BCUT2D eigenvalue weighted by Crippen LogP contribution is -2.52. The third kappa shape index (κ3) is 4.11. The van der Waals surface area contributed by atoms with Gasteiger partial charge in [0.15, 0.2) is 0 Å². The van der Waals surface area contributed by atoms with Crippen molar-refractivity contribution in [1.82, 2.24) is 10.2 Å². The molecule has 19 heavy (non-hydrogen) atoms. The first-order chi connectivity index (χ1) is 9.01. The Morgan fingerprint density at radius 1 is 1.42 bits per heavy atom. The van der Waals surface area contributed by atoms with Crippen LogP contribution in [0.2, 0.25) is 0 Å². The first-order valence-electron chi connectivity index (χ1n) is 7.16. The van der Waals surface area contributed by atoms with Gasteiger partial charge in [-0.3, -0.25) is 4.79 Å². The molecule has 0 spiro atoms. The van der Waals surface area contributed by atoms with Crippen LogP contribution in [0.3, 0.4) is 0 Å². The van der Waals surface area contributed by atoms with E-state index in [2.05, 4.69) is 17.0 Å². The standard InChI is InChI=1S/C14H26N2O3/c1-5-7-11-8-6-9-16(11)13(17)12(10(2)3)15-14(18)19-4/h10-12H,5-9H2,1-4H3,(H,15,18). The highest BCUT2D eigenvalue weighted by Gasteiger charge is 2.34. The summed E-state index contributed by atoms with van der Waals surface area (Å²) in [5.41, 5.74) is 0. The highest BCUT2D eigenvalue weighted by Crippen LogP contribution is 2.23. The van der Waals surface area contributed by atoms with Crippen LogP contribution in [0.25, 0.3) is 0 Å². The first-order valence-corrected chi connectivity index (χ1v) is 7.16. The minimum absolute atomic E-state index is 0.0244. The molecule has 0 aliphatic carbocycles. The molecule has 0 saturated carbocycles. The van der Waals surface area contributed by atoms with Crippen molar-refractivity contribution in [2.24, 2.45) is 5.92 Å². The fourth-order valence-electron chi connectivity index (χ4n) is 2.64. The summed E-state index contributed by atoms with van der Waals surface area (Å²) in [6.45, 7) is 6.80. The summed E-state index contributed by atoms with van der Waals surface area (Å²) < 4.78 is 4.60. The number of likely N-dealkylation sites (tertiary alicyclic amines) is 1. The minimum Gasteiger partial charge on any atom is -0.453 e. The Labute approximate surface area is 115 Å². The van der Waals surface area contributed by atoms with Gasteiger partial charge in [-0.1, -0.05) is 27.2 Å². The second kappa shape index (κ2) is 7.36. The topological polar surface area (TPSA) is 58.6 Å². The van der Waals surface area contributed by atoms with Crippen LogP contribution in [0.1, 0.15) is 46.5 Å². The molecule has 1 heterocycles. The van der Waals surface area contributed by atoms with E-state index >= 15 is 0 Å². The molecule has 2 unspecified atom stereocenters. The highest BCUT2D eigenvalue weighted by molar-refractivity contribution is 5.86. The lowest BCUT2D eigenvalue weighted by atomic mass is 10.0. The second-order valence-corrected chi connectivity index (χ2v) is 5.47. The molecule has 2 atom stereocenters. The summed E-state index contributed by atoms with van der Waals surface area (Å²) in [5.74, 6) is 0.0748. The smallest absolute Gasteiger partial charge is 0.407 e. The Hall–Kier alpha value is -1.26. The van der Waals surface area contributed by atoms with E-state index in [1.807, 2.05) is 18.7 Å². The number of nitrogens with one attached hydrogen (secondary N) is 1. The fraction of sp³-hybridized carbons (Fsp3) is 0.857. The molecule has 1 aliphatic rings. The van der Waals surface area contributed by atoms with Crippen molar-refractivity contribution < 1.29 is 14.3 Å². The summed E-state index contributed by atoms with van der Waals surface area (Å²) in [6.07, 6.45) is 3.69. The fourth-order valence-corrected chi connectivity index (χ4v) is 2.64. The molecule has 5 heteroatoms. The lowest BCUT2D eigenvalue weighted by Gasteiger charge is -2.30. The van der Waals surface area contributed by atoms with Gasteiger partial charge < -0.3 is 15.0 Å². The molecule has 2 amide bonds. The zero-order chi connectivity index (χ0) is 14.4. The molecule has 5 nitrogen and oxygen atoms in total. The maximum absolute atomic E-state index is 12.6. The number of hydrogen-bond donors (Lipinski definition) is 1. The first kappa shape index (κ1) is 15.8. The average Bonchev–Trinajstić information content (AvgIpc) is 2.83. The van der Waals surface area contributed by atoms with E-state index in [0.717, 1.165) is 32.2 Å². The van der Waals surface area contributed by atoms with Crippen molar-refractivity contribution in [1.29, 1.82) is 0 Å². The van der Waals surface area contributed by atoms with Gasteiger partial charge in [0.25, 0.3) is 0 Å². The number of alkyl carbamates (subject to hydrolysis) is 1. The predicted molar refractivity (Wildman–Crippen MR) is 73.8 cm³/mol. The average molecular weight is 270 g/mol. The van der Waals surface area contributed by atoms with Crippen LogP contribution in [0.15, 0.2) is 0 Å². The molecule has 0 aromatic rings. The Bertz CT molecular complexity index is 318. The van der Waals surface area contributed by atoms with Gasteiger partial charge in [0.05, 0.1) is 7.11 Å². The Morgan fingerprint density at radius 2 is 2.11 bits per heavy atom. The molecule has 1 aliphatic heterocycles. The maximum Gasteiger partial charge on any atom is 0.407 e. The molecular formula is C14H26N2O3. The van der Waals surface area contributed by atoms with E-state index in [4.69, 9.17) is 0 Å². The molecule has 110 valence electrons. The SMILES string of the molecule is CCCC1CCCN1C(=O)C(NC(=O)OC)C(C)C. The van der Waals surface area contributed by atoms with Crippen LogP contribution in [0.5, 0.6) is 0 Å². The molecule has 0 bridgehead atoms. The van der Waals surface area contributed by atoms with Crippen LogP contribution < -0.4 is 5.32 Å². The molecule has 1 fully saturated rings. The predicted octanol–water partition coefficient (Wildman–Crippen LogP) is 2.16. The van der Waals surface area contributed by atoms with Crippen molar-refractivity contribution in [2.45, 2.75) is 58.5 Å². The van der Waals surface area contributed by atoms with Gasteiger partial charge in [0, 0.05) is 12.6 Å². The summed E-state index contributed by atoms with van der Waals surface area (Å²) in [7, 11) is 1.31. The number of carbonyl (C=O) groups is 2. The Kier molecular flexibility index (Phi) is 6.12. The maximum atomic E-state index is 12.6. The molecular weight excluding hydrogens is 244 g/mol. The molecule has 1 N–H and O–H groups in total. The molecule has 0 aromatic carbocycles. The van der Waals surface area contributed by atoms with Crippen molar-refractivity contribution in [3.8, 4) is 0 Å². The van der Waals surface area contributed by atoms with Crippen LogP contribution in [-0.2, 0) is 9.53 Å². The Balaban J connectivity index is 2.72. The van der Waals surface area contributed by atoms with Crippen LogP contribution >= 0.6 is 0 Å². The van der Waals surface area contributed by atoms with Crippen LogP contribution in [0.4, 0.5) is 4.79 Å². The van der Waals surface area contributed by atoms with Gasteiger partial charge in [-0.05, 0) is 25.2 Å².